The molecule has 17 heavy (non-hydrogen) atoms. The summed E-state index contributed by atoms with van der Waals surface area (Å²) < 4.78 is 5.46. The molecule has 1 N–H and O–H groups in total. The Hall–Kier alpha value is -1.06. The summed E-state index contributed by atoms with van der Waals surface area (Å²) >= 11 is 0. The van der Waals surface area contributed by atoms with Gasteiger partial charge in [-0.3, -0.25) is 4.84 Å². The molecule has 3 heteroatoms. The minimum absolute atomic E-state index is 0.407. The smallest absolute Gasteiger partial charge is 0.119 e. The van der Waals surface area contributed by atoms with Gasteiger partial charge in [0.25, 0.3) is 0 Å². The molecule has 0 radical (unpaired) electrons. The van der Waals surface area contributed by atoms with Gasteiger partial charge in [0.2, 0.25) is 0 Å². The molecule has 1 aliphatic rings. The van der Waals surface area contributed by atoms with E-state index in [1.807, 2.05) is 19.1 Å². The molecule has 2 rings (SSSR count). The number of hydroxylamine groups is 1. The molecule has 94 valence electrons. The van der Waals surface area contributed by atoms with Gasteiger partial charge in [0.1, 0.15) is 5.75 Å². The Morgan fingerprint density at radius 1 is 1.29 bits per heavy atom. The van der Waals surface area contributed by atoms with Crippen LogP contribution >= 0.6 is 0 Å². The van der Waals surface area contributed by atoms with Gasteiger partial charge in [0.05, 0.1) is 12.7 Å². The van der Waals surface area contributed by atoms with Gasteiger partial charge in [-0.05, 0) is 37.5 Å². The van der Waals surface area contributed by atoms with Gasteiger partial charge >= 0.3 is 0 Å². The van der Waals surface area contributed by atoms with E-state index in [1.54, 1.807) is 0 Å². The molecule has 0 saturated heterocycles. The van der Waals surface area contributed by atoms with Gasteiger partial charge in [0.15, 0.2) is 0 Å². The van der Waals surface area contributed by atoms with Crippen LogP contribution in [0.1, 0.15) is 38.2 Å². The monoisotopic (exact) mass is 235 g/mol. The lowest BCUT2D eigenvalue weighted by molar-refractivity contribution is -0.0244. The molecule has 1 aliphatic carbocycles. The zero-order chi connectivity index (χ0) is 11.9. The van der Waals surface area contributed by atoms with Crippen molar-refractivity contribution in [3.63, 3.8) is 0 Å². The molecule has 0 heterocycles. The highest BCUT2D eigenvalue weighted by Gasteiger charge is 2.15. The van der Waals surface area contributed by atoms with Crippen molar-refractivity contribution >= 4 is 0 Å². The first-order chi connectivity index (χ1) is 8.38. The average molecular weight is 235 g/mol. The van der Waals surface area contributed by atoms with E-state index >= 15 is 0 Å². The van der Waals surface area contributed by atoms with Crippen molar-refractivity contribution in [2.75, 3.05) is 6.61 Å². The molecular weight excluding hydrogens is 214 g/mol. The number of nitrogens with one attached hydrogen (secondary N) is 1. The maximum atomic E-state index is 5.62. The number of benzene rings is 1. The van der Waals surface area contributed by atoms with Crippen LogP contribution in [0, 0.1) is 0 Å². The van der Waals surface area contributed by atoms with Crippen molar-refractivity contribution in [1.82, 2.24) is 5.48 Å². The minimum Gasteiger partial charge on any atom is -0.494 e. The molecule has 0 unspecified atom stereocenters. The Bertz CT molecular complexity index is 335. The van der Waals surface area contributed by atoms with Gasteiger partial charge in [-0.2, -0.15) is 5.48 Å². The van der Waals surface area contributed by atoms with E-state index in [1.165, 1.54) is 31.2 Å². The van der Waals surface area contributed by atoms with Crippen LogP contribution in [0.5, 0.6) is 5.75 Å². The summed E-state index contributed by atoms with van der Waals surface area (Å²) in [5, 5.41) is 0. The third kappa shape index (κ3) is 4.02. The van der Waals surface area contributed by atoms with Crippen LogP contribution in [0.2, 0.25) is 0 Å². The van der Waals surface area contributed by atoms with Gasteiger partial charge in [-0.1, -0.05) is 25.0 Å². The van der Waals surface area contributed by atoms with Crippen molar-refractivity contribution < 1.29 is 9.57 Å². The van der Waals surface area contributed by atoms with E-state index in [0.717, 1.165) is 12.3 Å². The molecule has 0 aromatic heterocycles. The van der Waals surface area contributed by atoms with Crippen LogP contribution in [0.15, 0.2) is 24.3 Å². The second kappa shape index (κ2) is 6.62. The first-order valence-corrected chi connectivity index (χ1v) is 6.48. The zero-order valence-electron chi connectivity index (χ0n) is 10.4. The molecule has 0 aliphatic heterocycles. The fourth-order valence-electron chi connectivity index (χ4n) is 2.16. The summed E-state index contributed by atoms with van der Waals surface area (Å²) in [5.41, 5.74) is 4.25. The van der Waals surface area contributed by atoms with E-state index in [9.17, 15) is 0 Å². The van der Waals surface area contributed by atoms with E-state index in [-0.39, 0.29) is 0 Å². The standard InChI is InChI=1S/C14H21NO2/c1-2-16-14-9-5-6-12(10-14)11-15-17-13-7-3-4-8-13/h5-6,9-10,13,15H,2-4,7-8,11H2,1H3. The SMILES string of the molecule is CCOc1cccc(CNOC2CCCC2)c1. The first kappa shape index (κ1) is 12.4. The molecule has 3 nitrogen and oxygen atoms in total. The van der Waals surface area contributed by atoms with Gasteiger partial charge in [-0.25, -0.2) is 0 Å². The number of rotatable bonds is 6. The van der Waals surface area contributed by atoms with Gasteiger partial charge < -0.3 is 4.74 Å². The molecular formula is C14H21NO2. The fourth-order valence-corrected chi connectivity index (χ4v) is 2.16. The third-order valence-electron chi connectivity index (χ3n) is 3.04. The quantitative estimate of drug-likeness (QED) is 0.769. The largest absolute Gasteiger partial charge is 0.494 e. The topological polar surface area (TPSA) is 30.5 Å². The number of ether oxygens (including phenoxy) is 1. The lowest BCUT2D eigenvalue weighted by Crippen LogP contribution is -2.21. The van der Waals surface area contributed by atoms with Crippen LogP contribution in [-0.4, -0.2) is 12.7 Å². The Balaban J connectivity index is 1.75. The summed E-state index contributed by atoms with van der Waals surface area (Å²) in [6.07, 6.45) is 5.38. The van der Waals surface area contributed by atoms with Crippen LogP contribution in [0.25, 0.3) is 0 Å². The maximum absolute atomic E-state index is 5.62. The highest BCUT2D eigenvalue weighted by molar-refractivity contribution is 5.28. The lowest BCUT2D eigenvalue weighted by atomic mass is 10.2. The second-order valence-corrected chi connectivity index (χ2v) is 4.43. The predicted octanol–water partition coefficient (Wildman–Crippen LogP) is 3.05. The Morgan fingerprint density at radius 2 is 2.12 bits per heavy atom. The molecule has 0 amide bonds. The summed E-state index contributed by atoms with van der Waals surface area (Å²) in [7, 11) is 0. The summed E-state index contributed by atoms with van der Waals surface area (Å²) in [5.74, 6) is 0.924. The molecule has 0 bridgehead atoms. The Kier molecular flexibility index (Phi) is 4.83. The van der Waals surface area contributed by atoms with Crippen molar-refractivity contribution in [3.05, 3.63) is 29.8 Å². The molecule has 1 saturated carbocycles. The van der Waals surface area contributed by atoms with Crippen molar-refractivity contribution in [2.24, 2.45) is 0 Å². The third-order valence-corrected chi connectivity index (χ3v) is 3.04. The molecule has 1 aromatic rings. The van der Waals surface area contributed by atoms with E-state index in [2.05, 4.69) is 17.6 Å². The molecule has 0 atom stereocenters. The zero-order valence-corrected chi connectivity index (χ0v) is 10.4. The fraction of sp³-hybridized carbons (Fsp3) is 0.571. The van der Waals surface area contributed by atoms with Crippen LogP contribution in [-0.2, 0) is 11.4 Å². The van der Waals surface area contributed by atoms with Crippen LogP contribution in [0.3, 0.4) is 0 Å². The second-order valence-electron chi connectivity index (χ2n) is 4.43. The van der Waals surface area contributed by atoms with Gasteiger partial charge in [0, 0.05) is 6.54 Å². The summed E-state index contributed by atoms with van der Waals surface area (Å²) in [4.78, 5) is 5.62. The highest BCUT2D eigenvalue weighted by atomic mass is 16.7. The Labute approximate surface area is 103 Å². The summed E-state index contributed by atoms with van der Waals surface area (Å²) in [6.45, 7) is 3.43. The predicted molar refractivity (Wildman–Crippen MR) is 67.8 cm³/mol. The number of hydrogen-bond donors (Lipinski definition) is 1. The number of hydrogen-bond acceptors (Lipinski definition) is 3. The lowest BCUT2D eigenvalue weighted by Gasteiger charge is -2.12. The van der Waals surface area contributed by atoms with Crippen LogP contribution in [0.4, 0.5) is 0 Å². The summed E-state index contributed by atoms with van der Waals surface area (Å²) in [6, 6.07) is 8.12. The molecule has 1 aromatic carbocycles. The van der Waals surface area contributed by atoms with E-state index in [0.29, 0.717) is 12.7 Å². The highest BCUT2D eigenvalue weighted by Crippen LogP contribution is 2.20. The van der Waals surface area contributed by atoms with Gasteiger partial charge in [-0.15, -0.1) is 0 Å². The van der Waals surface area contributed by atoms with Crippen LogP contribution < -0.4 is 10.2 Å². The van der Waals surface area contributed by atoms with Crippen molar-refractivity contribution in [3.8, 4) is 5.75 Å². The maximum Gasteiger partial charge on any atom is 0.119 e. The normalized spacial score (nSPS) is 16.3. The van der Waals surface area contributed by atoms with E-state index < -0.39 is 0 Å². The van der Waals surface area contributed by atoms with E-state index in [4.69, 9.17) is 9.57 Å². The average Bonchev–Trinajstić information content (AvgIpc) is 2.83. The molecule has 0 spiro atoms. The first-order valence-electron chi connectivity index (χ1n) is 6.48. The minimum atomic E-state index is 0.407. The van der Waals surface area contributed by atoms with Crippen molar-refractivity contribution in [2.45, 2.75) is 45.3 Å². The molecule has 1 fully saturated rings. The van der Waals surface area contributed by atoms with Crippen molar-refractivity contribution in [1.29, 1.82) is 0 Å². The Morgan fingerprint density at radius 3 is 2.88 bits per heavy atom.